The van der Waals surface area contributed by atoms with Crippen molar-refractivity contribution in [2.75, 3.05) is 14.2 Å². The smallest absolute Gasteiger partial charge is 0.246 e. The van der Waals surface area contributed by atoms with Crippen molar-refractivity contribution in [3.63, 3.8) is 0 Å². The zero-order valence-corrected chi connectivity index (χ0v) is 17.1. The Balaban J connectivity index is 1.83. The molecule has 0 heterocycles. The second-order valence-electron chi connectivity index (χ2n) is 8.39. The Morgan fingerprint density at radius 1 is 0.808 bits per heavy atom. The third-order valence-corrected chi connectivity index (χ3v) is 6.27. The molecule has 148 valence electrons. The Labute approximate surface area is 161 Å². The van der Waals surface area contributed by atoms with Crippen LogP contribution in [0, 0.1) is 29.6 Å². The van der Waals surface area contributed by atoms with Crippen molar-refractivity contribution in [2.45, 2.75) is 96.3 Å². The minimum Gasteiger partial charge on any atom is -0.275 e. The highest BCUT2D eigenvalue weighted by Crippen LogP contribution is 2.29. The molecule has 2 saturated carbocycles. The van der Waals surface area contributed by atoms with Gasteiger partial charge in [0.15, 0.2) is 0 Å². The lowest BCUT2D eigenvalue weighted by atomic mass is 9.83. The van der Waals surface area contributed by atoms with Gasteiger partial charge in [0.25, 0.3) is 0 Å². The Morgan fingerprint density at radius 3 is 1.92 bits per heavy atom. The maximum Gasteiger partial charge on any atom is 0.246 e. The molecule has 3 heteroatoms. The number of hydrogen-bond donors (Lipinski definition) is 0. The van der Waals surface area contributed by atoms with Gasteiger partial charge in [-0.2, -0.15) is 0 Å². The van der Waals surface area contributed by atoms with Gasteiger partial charge in [0.1, 0.15) is 0 Å². The van der Waals surface area contributed by atoms with Crippen LogP contribution >= 0.6 is 0 Å². The van der Waals surface area contributed by atoms with Crippen molar-refractivity contribution in [1.29, 1.82) is 0 Å². The molecule has 0 spiro atoms. The summed E-state index contributed by atoms with van der Waals surface area (Å²) < 4.78 is 0. The van der Waals surface area contributed by atoms with E-state index in [1.165, 1.54) is 82.1 Å². The first kappa shape index (κ1) is 21.3. The van der Waals surface area contributed by atoms with Crippen molar-refractivity contribution in [2.24, 2.45) is 17.8 Å². The fraction of sp³-hybridized carbons (Fsp3) is 0.870. The fourth-order valence-electron chi connectivity index (χ4n) is 4.39. The van der Waals surface area contributed by atoms with Crippen LogP contribution in [-0.4, -0.2) is 25.1 Å². The van der Waals surface area contributed by atoms with Gasteiger partial charge < -0.3 is 0 Å². The van der Waals surface area contributed by atoms with E-state index in [0.717, 1.165) is 12.8 Å². The summed E-state index contributed by atoms with van der Waals surface area (Å²) in [5.74, 6) is 9.11. The lowest BCUT2D eigenvalue weighted by molar-refractivity contribution is -0.169. The number of carbonyl (C=O) groups excluding carboxylic acids is 1. The monoisotopic (exact) mass is 361 g/mol. The Morgan fingerprint density at radius 2 is 1.31 bits per heavy atom. The van der Waals surface area contributed by atoms with Crippen molar-refractivity contribution in [1.82, 2.24) is 5.06 Å². The highest BCUT2D eigenvalue weighted by Gasteiger charge is 2.20. The Bertz CT molecular complexity index is 455. The summed E-state index contributed by atoms with van der Waals surface area (Å²) in [7, 11) is 3.26. The molecule has 2 aliphatic carbocycles. The minimum absolute atomic E-state index is 0.103. The SMILES string of the molecule is CON(C)C(=O)CC1CCCCC(C#CC2CCCCCCCC2)CC1. The van der Waals surface area contributed by atoms with E-state index in [1.807, 2.05) is 0 Å². The van der Waals surface area contributed by atoms with E-state index in [0.29, 0.717) is 24.2 Å². The summed E-state index contributed by atoms with van der Waals surface area (Å²) in [5.41, 5.74) is 0. The first-order chi connectivity index (χ1) is 12.7. The lowest BCUT2D eigenvalue weighted by Gasteiger charge is -2.24. The number of rotatable bonds is 3. The van der Waals surface area contributed by atoms with Crippen LogP contribution < -0.4 is 0 Å². The molecular weight excluding hydrogens is 322 g/mol. The Hall–Kier alpha value is -1.01. The van der Waals surface area contributed by atoms with Crippen molar-refractivity contribution < 1.29 is 9.63 Å². The van der Waals surface area contributed by atoms with Crippen LogP contribution in [0.2, 0.25) is 0 Å². The largest absolute Gasteiger partial charge is 0.275 e. The molecule has 0 aromatic rings. The molecule has 0 aliphatic heterocycles. The molecule has 2 aliphatic rings. The highest BCUT2D eigenvalue weighted by molar-refractivity contribution is 5.75. The Kier molecular flexibility index (Phi) is 10.1. The molecule has 0 radical (unpaired) electrons. The predicted molar refractivity (Wildman–Crippen MR) is 107 cm³/mol. The number of hydrogen-bond acceptors (Lipinski definition) is 2. The molecule has 0 N–H and O–H groups in total. The molecule has 26 heavy (non-hydrogen) atoms. The molecule has 1 amide bonds. The topological polar surface area (TPSA) is 29.5 Å². The van der Waals surface area contributed by atoms with Gasteiger partial charge >= 0.3 is 0 Å². The summed E-state index contributed by atoms with van der Waals surface area (Å²) >= 11 is 0. The zero-order chi connectivity index (χ0) is 18.6. The van der Waals surface area contributed by atoms with Gasteiger partial charge in [-0.05, 0) is 44.4 Å². The molecule has 0 aromatic carbocycles. The third kappa shape index (κ3) is 8.12. The standard InChI is InChI=1S/C23H39NO2/c1-24(26-2)23(25)19-22-14-10-9-13-21(17-18-22)16-15-20-11-7-5-3-4-6-8-12-20/h20-22H,3-14,17-19H2,1-2H3. The summed E-state index contributed by atoms with van der Waals surface area (Å²) in [6.45, 7) is 0. The van der Waals surface area contributed by atoms with E-state index in [4.69, 9.17) is 4.84 Å². The van der Waals surface area contributed by atoms with Gasteiger partial charge in [-0.25, -0.2) is 5.06 Å². The van der Waals surface area contributed by atoms with E-state index in [2.05, 4.69) is 11.8 Å². The van der Waals surface area contributed by atoms with Crippen LogP contribution in [0.5, 0.6) is 0 Å². The van der Waals surface area contributed by atoms with E-state index in [9.17, 15) is 4.79 Å². The van der Waals surface area contributed by atoms with E-state index < -0.39 is 0 Å². The summed E-state index contributed by atoms with van der Waals surface area (Å²) in [6.07, 6.45) is 18.8. The van der Waals surface area contributed by atoms with Crippen LogP contribution in [0.3, 0.4) is 0 Å². The molecule has 2 atom stereocenters. The average molecular weight is 362 g/mol. The van der Waals surface area contributed by atoms with Gasteiger partial charge in [-0.1, -0.05) is 63.2 Å². The summed E-state index contributed by atoms with van der Waals surface area (Å²) in [4.78, 5) is 17.1. The van der Waals surface area contributed by atoms with Gasteiger partial charge in [-0.15, -0.1) is 0 Å². The molecular formula is C23H39NO2. The second kappa shape index (κ2) is 12.4. The van der Waals surface area contributed by atoms with Crippen molar-refractivity contribution in [3.8, 4) is 11.8 Å². The van der Waals surface area contributed by atoms with Crippen LogP contribution in [0.1, 0.15) is 96.3 Å². The van der Waals surface area contributed by atoms with Crippen LogP contribution in [0.4, 0.5) is 0 Å². The number of carbonyl (C=O) groups is 1. The first-order valence-electron chi connectivity index (χ1n) is 11.0. The van der Waals surface area contributed by atoms with Crippen LogP contribution in [0.25, 0.3) is 0 Å². The molecule has 2 unspecified atom stereocenters. The maximum absolute atomic E-state index is 12.1. The zero-order valence-electron chi connectivity index (χ0n) is 17.1. The molecule has 2 rings (SSSR count). The van der Waals surface area contributed by atoms with Gasteiger partial charge in [0.2, 0.25) is 5.91 Å². The van der Waals surface area contributed by atoms with Crippen LogP contribution in [0.15, 0.2) is 0 Å². The minimum atomic E-state index is 0.103. The van der Waals surface area contributed by atoms with Crippen molar-refractivity contribution in [3.05, 3.63) is 0 Å². The van der Waals surface area contributed by atoms with E-state index >= 15 is 0 Å². The average Bonchev–Trinajstić information content (AvgIpc) is 2.76. The van der Waals surface area contributed by atoms with Gasteiger partial charge in [0.05, 0.1) is 7.11 Å². The molecule has 0 saturated heterocycles. The molecule has 2 fully saturated rings. The fourth-order valence-corrected chi connectivity index (χ4v) is 4.39. The van der Waals surface area contributed by atoms with Gasteiger partial charge in [0, 0.05) is 25.3 Å². The molecule has 0 bridgehead atoms. The lowest BCUT2D eigenvalue weighted by Crippen LogP contribution is -2.27. The number of amides is 1. The van der Waals surface area contributed by atoms with Gasteiger partial charge in [-0.3, -0.25) is 9.63 Å². The predicted octanol–water partition coefficient (Wildman–Crippen LogP) is 5.74. The maximum atomic E-state index is 12.1. The quantitative estimate of drug-likeness (QED) is 0.474. The number of nitrogens with zero attached hydrogens (tertiary/aromatic N) is 1. The molecule has 0 aromatic heterocycles. The molecule has 3 nitrogen and oxygen atoms in total. The second-order valence-corrected chi connectivity index (χ2v) is 8.39. The van der Waals surface area contributed by atoms with E-state index in [1.54, 1.807) is 14.2 Å². The number of hydroxylamine groups is 2. The summed E-state index contributed by atoms with van der Waals surface area (Å²) in [5, 5.41) is 1.37. The normalized spacial score (nSPS) is 26.2. The first-order valence-corrected chi connectivity index (χ1v) is 11.0. The summed E-state index contributed by atoms with van der Waals surface area (Å²) in [6, 6.07) is 0. The third-order valence-electron chi connectivity index (χ3n) is 6.27. The van der Waals surface area contributed by atoms with E-state index in [-0.39, 0.29) is 5.91 Å². The highest BCUT2D eigenvalue weighted by atomic mass is 16.7. The van der Waals surface area contributed by atoms with Crippen LogP contribution in [-0.2, 0) is 9.63 Å². The van der Waals surface area contributed by atoms with Crippen molar-refractivity contribution >= 4 is 5.91 Å².